The Morgan fingerprint density at radius 3 is 1.31 bits per heavy atom. The molecule has 61 heavy (non-hydrogen) atoms. The molecule has 8 aromatic carbocycles. The summed E-state index contributed by atoms with van der Waals surface area (Å²) in [5, 5.41) is 2.55. The number of ether oxygens (including phenoxy) is 1. The van der Waals surface area contributed by atoms with Crippen molar-refractivity contribution in [1.82, 2.24) is 4.57 Å². The number of rotatable bonds is 11. The fourth-order valence-corrected chi connectivity index (χ4v) is 10.0. The van der Waals surface area contributed by atoms with E-state index in [4.69, 9.17) is 4.74 Å². The molecule has 0 atom stereocenters. The van der Waals surface area contributed by atoms with Crippen molar-refractivity contribution in [3.05, 3.63) is 239 Å². The highest BCUT2D eigenvalue weighted by Crippen LogP contribution is 2.50. The molecule has 0 saturated heterocycles. The number of hydrogen-bond acceptors (Lipinski definition) is 1. The van der Waals surface area contributed by atoms with Crippen molar-refractivity contribution in [3.63, 3.8) is 0 Å². The second-order valence-corrected chi connectivity index (χ2v) is 17.0. The van der Waals surface area contributed by atoms with Gasteiger partial charge in [0.2, 0.25) is 0 Å². The van der Waals surface area contributed by atoms with Gasteiger partial charge in [-0.05, 0) is 63.7 Å². The lowest BCUT2D eigenvalue weighted by atomic mass is 9.78. The van der Waals surface area contributed by atoms with E-state index in [-0.39, 0.29) is 11.8 Å². The molecule has 1 aromatic heterocycles. The normalized spacial score (nSPS) is 12.0. The predicted molar refractivity (Wildman–Crippen MR) is 252 cm³/mol. The predicted octanol–water partition coefficient (Wildman–Crippen LogP) is 14.2. The summed E-state index contributed by atoms with van der Waals surface area (Å²) in [5.41, 5.74) is 17.3. The zero-order chi connectivity index (χ0) is 41.6. The van der Waals surface area contributed by atoms with Gasteiger partial charge < -0.3 is 4.74 Å². The number of benzene rings is 8. The highest BCUT2D eigenvalue weighted by Gasteiger charge is 2.41. The lowest BCUT2D eigenvalue weighted by Gasteiger charge is -2.27. The van der Waals surface area contributed by atoms with Crippen LogP contribution in [0.25, 0.3) is 44.7 Å². The Morgan fingerprint density at radius 1 is 0.459 bits per heavy atom. The van der Waals surface area contributed by atoms with Gasteiger partial charge in [0.25, 0.3) is 6.33 Å². The minimum Gasteiger partial charge on any atom is -0.497 e. The number of para-hydroxylation sites is 1. The van der Waals surface area contributed by atoms with E-state index in [1.807, 2.05) is 0 Å². The van der Waals surface area contributed by atoms with Crippen molar-refractivity contribution >= 4 is 10.8 Å². The van der Waals surface area contributed by atoms with Crippen molar-refractivity contribution in [2.45, 2.75) is 51.4 Å². The van der Waals surface area contributed by atoms with Gasteiger partial charge in [-0.3, -0.25) is 0 Å². The van der Waals surface area contributed by atoms with E-state index in [9.17, 15) is 0 Å². The molecule has 0 fully saturated rings. The summed E-state index contributed by atoms with van der Waals surface area (Å²) in [5.74, 6) is 1.23. The van der Waals surface area contributed by atoms with E-state index in [1.165, 1.54) is 83.5 Å². The van der Waals surface area contributed by atoms with Crippen LogP contribution in [0, 0.1) is 0 Å². The SMILES string of the molecule is COc1cc(C(c2ccccc2)c2ccccc2)c(-[n+]2cn(-c3c(C(C)C)cccc3C(C)C)c3c2-c2cccc4cccc-3c24)c(C(c2ccccc2)c2ccccc2)c1. The maximum absolute atomic E-state index is 6.36. The molecule has 1 aliphatic rings. The monoisotopic (exact) mass is 791 g/mol. The summed E-state index contributed by atoms with van der Waals surface area (Å²) in [6, 6.07) is 69.1. The first-order valence-corrected chi connectivity index (χ1v) is 21.7. The minimum absolute atomic E-state index is 0.112. The topological polar surface area (TPSA) is 18.0 Å². The first-order chi connectivity index (χ1) is 29.9. The highest BCUT2D eigenvalue weighted by atomic mass is 16.5. The molecule has 0 bridgehead atoms. The van der Waals surface area contributed by atoms with Crippen molar-refractivity contribution in [2.75, 3.05) is 7.11 Å². The standard InChI is InChI=1S/C58H51N2O/c1-38(2)46-31-20-32-47(39(3)4)55(46)59-37-60(58-49-34-19-30-44-29-18-33-48(54(44)49)57(58)59)56-50(52(40-21-10-6-11-22-40)41-23-12-7-13-24-41)35-45(61-5)36-51(56)53(42-25-14-8-15-26-42)43-27-16-9-17-28-43/h6-39,52-53H,1-5H3/q+1. The molecule has 0 spiro atoms. The Labute approximate surface area is 360 Å². The Hall–Kier alpha value is -6.97. The van der Waals surface area contributed by atoms with E-state index in [2.05, 4.69) is 231 Å². The molecular formula is C58H51N2O+. The Morgan fingerprint density at radius 2 is 0.885 bits per heavy atom. The van der Waals surface area contributed by atoms with Crippen molar-refractivity contribution in [1.29, 1.82) is 0 Å². The lowest BCUT2D eigenvalue weighted by molar-refractivity contribution is -0.584. The zero-order valence-electron chi connectivity index (χ0n) is 35.6. The fraction of sp³-hybridized carbons (Fsp3) is 0.155. The molecule has 1 aliphatic carbocycles. The molecular weight excluding hydrogens is 741 g/mol. The summed E-state index contributed by atoms with van der Waals surface area (Å²) in [6.07, 6.45) is 2.42. The number of fused-ring (bicyclic) bond motifs is 3. The zero-order valence-corrected chi connectivity index (χ0v) is 35.6. The third kappa shape index (κ3) is 6.57. The maximum atomic E-state index is 6.36. The van der Waals surface area contributed by atoms with Crippen LogP contribution in [-0.4, -0.2) is 11.7 Å². The molecule has 3 heteroatoms. The maximum Gasteiger partial charge on any atom is 0.255 e. The number of hydrogen-bond donors (Lipinski definition) is 0. The molecule has 0 unspecified atom stereocenters. The number of methoxy groups -OCH3 is 1. The summed E-state index contributed by atoms with van der Waals surface area (Å²) in [6.45, 7) is 9.30. The van der Waals surface area contributed by atoms with Gasteiger partial charge in [-0.1, -0.05) is 191 Å². The molecule has 0 N–H and O–H groups in total. The second kappa shape index (κ2) is 15.9. The molecule has 0 radical (unpaired) electrons. The molecule has 298 valence electrons. The number of aromatic nitrogens is 2. The Balaban J connectivity index is 1.42. The van der Waals surface area contributed by atoms with Gasteiger partial charge in [0, 0.05) is 50.6 Å². The molecule has 10 rings (SSSR count). The highest BCUT2D eigenvalue weighted by molar-refractivity contribution is 6.13. The van der Waals surface area contributed by atoms with Gasteiger partial charge in [-0.2, -0.15) is 9.13 Å². The molecule has 9 aromatic rings. The smallest absolute Gasteiger partial charge is 0.255 e. The van der Waals surface area contributed by atoms with Gasteiger partial charge in [0.05, 0.1) is 7.11 Å². The van der Waals surface area contributed by atoms with E-state index < -0.39 is 0 Å². The van der Waals surface area contributed by atoms with Crippen LogP contribution in [0.15, 0.2) is 194 Å². The van der Waals surface area contributed by atoms with E-state index in [0.29, 0.717) is 11.8 Å². The number of imidazole rings is 1. The van der Waals surface area contributed by atoms with Gasteiger partial charge in [0.15, 0.2) is 11.4 Å². The lowest BCUT2D eigenvalue weighted by Crippen LogP contribution is -2.35. The van der Waals surface area contributed by atoms with E-state index >= 15 is 0 Å². The van der Waals surface area contributed by atoms with Gasteiger partial charge in [-0.25, -0.2) is 0 Å². The third-order valence-electron chi connectivity index (χ3n) is 12.7. The average Bonchev–Trinajstić information content (AvgIpc) is 3.85. The van der Waals surface area contributed by atoms with Crippen molar-refractivity contribution in [2.24, 2.45) is 0 Å². The number of nitrogens with zero attached hydrogens (tertiary/aromatic N) is 2. The molecule has 0 saturated carbocycles. The van der Waals surface area contributed by atoms with E-state index in [1.54, 1.807) is 7.11 Å². The Bertz CT molecular complexity index is 2790. The quantitative estimate of drug-likeness (QED) is 0.0942. The van der Waals surface area contributed by atoms with Gasteiger partial charge in [-0.15, -0.1) is 0 Å². The summed E-state index contributed by atoms with van der Waals surface area (Å²) in [4.78, 5) is 0. The fourth-order valence-electron chi connectivity index (χ4n) is 10.0. The first kappa shape index (κ1) is 38.2. The average molecular weight is 792 g/mol. The van der Waals surface area contributed by atoms with Gasteiger partial charge >= 0.3 is 0 Å². The Kier molecular flexibility index (Phi) is 9.97. The van der Waals surface area contributed by atoms with Crippen LogP contribution in [0.3, 0.4) is 0 Å². The molecule has 0 amide bonds. The van der Waals surface area contributed by atoms with Crippen LogP contribution < -0.4 is 9.30 Å². The first-order valence-electron chi connectivity index (χ1n) is 21.7. The largest absolute Gasteiger partial charge is 0.497 e. The third-order valence-corrected chi connectivity index (χ3v) is 12.7. The van der Waals surface area contributed by atoms with Crippen LogP contribution in [-0.2, 0) is 0 Å². The van der Waals surface area contributed by atoms with Crippen LogP contribution in [0.5, 0.6) is 5.75 Å². The van der Waals surface area contributed by atoms with Crippen LogP contribution in [0.4, 0.5) is 0 Å². The van der Waals surface area contributed by atoms with Crippen LogP contribution in [0.2, 0.25) is 0 Å². The molecule has 3 nitrogen and oxygen atoms in total. The molecule has 0 aliphatic heterocycles. The molecule has 1 heterocycles. The van der Waals surface area contributed by atoms with Crippen molar-refractivity contribution in [3.8, 4) is 39.6 Å². The summed E-state index contributed by atoms with van der Waals surface area (Å²) in [7, 11) is 1.80. The summed E-state index contributed by atoms with van der Waals surface area (Å²) < 4.78 is 11.5. The summed E-state index contributed by atoms with van der Waals surface area (Å²) >= 11 is 0. The van der Waals surface area contributed by atoms with Crippen LogP contribution in [0.1, 0.15) is 95.9 Å². The van der Waals surface area contributed by atoms with Crippen LogP contribution >= 0.6 is 0 Å². The second-order valence-electron chi connectivity index (χ2n) is 17.0. The van der Waals surface area contributed by atoms with Crippen molar-refractivity contribution < 1.29 is 9.30 Å². The minimum atomic E-state index is -0.112. The van der Waals surface area contributed by atoms with E-state index in [0.717, 1.165) is 11.4 Å². The van der Waals surface area contributed by atoms with Gasteiger partial charge in [0.1, 0.15) is 17.1 Å².